The van der Waals surface area contributed by atoms with Gasteiger partial charge in [0.2, 0.25) is 0 Å². The molecule has 0 aliphatic rings. The van der Waals surface area contributed by atoms with E-state index in [9.17, 15) is 13.0 Å². The van der Waals surface area contributed by atoms with Crippen molar-refractivity contribution >= 4 is 43.4 Å². The Labute approximate surface area is 131 Å². The van der Waals surface area contributed by atoms with Crippen LogP contribution in [0.3, 0.4) is 0 Å². The highest BCUT2D eigenvalue weighted by atomic mass is 32.2. The maximum atomic E-state index is 10.8. The highest BCUT2D eigenvalue weighted by Crippen LogP contribution is 2.24. The molecule has 0 spiro atoms. The van der Waals surface area contributed by atoms with Crippen LogP contribution in [0.1, 0.15) is 5.56 Å². The lowest BCUT2D eigenvalue weighted by Gasteiger charge is -2.07. The number of hydrogen-bond donors (Lipinski definition) is 1. The van der Waals surface area contributed by atoms with Crippen LogP contribution in [-0.2, 0) is 10.1 Å². The molecule has 0 amide bonds. The van der Waals surface area contributed by atoms with Crippen LogP contribution < -0.4 is 5.43 Å². The first-order valence-corrected chi connectivity index (χ1v) is 8.64. The van der Waals surface area contributed by atoms with E-state index in [0.717, 1.165) is 10.9 Å². The van der Waals surface area contributed by atoms with Crippen molar-refractivity contribution in [2.75, 3.05) is 5.43 Å². The standard InChI is InChI=1S/C15H12N2O3S2/c18-22(19,20)13-7-5-12(6-8-13)17-16-9-11-10-21-15-4-2-1-3-14(11)15/h1-10,17H,(H,18,19,20)/p-1/b16-9+. The van der Waals surface area contributed by atoms with Crippen LogP contribution in [0.15, 0.2) is 63.9 Å². The Morgan fingerprint density at radius 3 is 2.55 bits per heavy atom. The van der Waals surface area contributed by atoms with Crippen LogP contribution in [0.25, 0.3) is 10.1 Å². The van der Waals surface area contributed by atoms with E-state index in [1.807, 2.05) is 29.6 Å². The van der Waals surface area contributed by atoms with Crippen LogP contribution in [0.4, 0.5) is 5.69 Å². The Hall–Kier alpha value is -2.22. The summed E-state index contributed by atoms with van der Waals surface area (Å²) in [6, 6.07) is 13.5. The van der Waals surface area contributed by atoms with Crippen molar-refractivity contribution in [3.63, 3.8) is 0 Å². The summed E-state index contributed by atoms with van der Waals surface area (Å²) in [6.07, 6.45) is 1.71. The number of benzene rings is 2. The van der Waals surface area contributed by atoms with Crippen LogP contribution in [0.5, 0.6) is 0 Å². The van der Waals surface area contributed by atoms with Crippen molar-refractivity contribution in [3.8, 4) is 0 Å². The van der Waals surface area contributed by atoms with Gasteiger partial charge in [-0.1, -0.05) is 18.2 Å². The Morgan fingerprint density at radius 1 is 1.09 bits per heavy atom. The van der Waals surface area contributed by atoms with Gasteiger partial charge >= 0.3 is 0 Å². The Balaban J connectivity index is 1.75. The molecule has 5 nitrogen and oxygen atoms in total. The quantitative estimate of drug-likeness (QED) is 0.452. The molecule has 1 aromatic heterocycles. The lowest BCUT2D eigenvalue weighted by Crippen LogP contribution is -1.98. The normalized spacial score (nSPS) is 12.0. The highest BCUT2D eigenvalue weighted by molar-refractivity contribution is 7.85. The van der Waals surface area contributed by atoms with E-state index in [-0.39, 0.29) is 4.90 Å². The molecule has 0 fully saturated rings. The molecule has 7 heteroatoms. The summed E-state index contributed by atoms with van der Waals surface area (Å²) in [7, 11) is -4.41. The van der Waals surface area contributed by atoms with Crippen LogP contribution in [0, 0.1) is 0 Å². The van der Waals surface area contributed by atoms with Gasteiger partial charge in [0, 0.05) is 21.0 Å². The lowest BCUT2D eigenvalue weighted by molar-refractivity contribution is 0.463. The first-order valence-electron chi connectivity index (χ1n) is 6.35. The van der Waals surface area contributed by atoms with E-state index >= 15 is 0 Å². The first-order chi connectivity index (χ1) is 10.5. The number of anilines is 1. The molecule has 3 aromatic rings. The lowest BCUT2D eigenvalue weighted by atomic mass is 10.2. The molecule has 0 radical (unpaired) electrons. The number of rotatable bonds is 4. The van der Waals surface area contributed by atoms with Gasteiger partial charge in [0.1, 0.15) is 10.1 Å². The molecule has 3 rings (SSSR count). The molecule has 1 N–H and O–H groups in total. The average molecular weight is 331 g/mol. The molecule has 1 heterocycles. The van der Waals surface area contributed by atoms with E-state index in [1.54, 1.807) is 17.6 Å². The summed E-state index contributed by atoms with van der Waals surface area (Å²) in [6.45, 7) is 0. The van der Waals surface area contributed by atoms with E-state index in [1.165, 1.54) is 29.0 Å². The summed E-state index contributed by atoms with van der Waals surface area (Å²) < 4.78 is 33.7. The van der Waals surface area contributed by atoms with Crippen molar-refractivity contribution < 1.29 is 13.0 Å². The van der Waals surface area contributed by atoms with Gasteiger partial charge < -0.3 is 4.55 Å². The third kappa shape index (κ3) is 3.16. The fraction of sp³-hybridized carbons (Fsp3) is 0. The molecule has 0 unspecified atom stereocenters. The Kier molecular flexibility index (Phi) is 3.93. The first kappa shape index (κ1) is 14.7. The van der Waals surface area contributed by atoms with Crippen LogP contribution in [-0.4, -0.2) is 19.2 Å². The van der Waals surface area contributed by atoms with Gasteiger partial charge in [0.05, 0.1) is 16.8 Å². The van der Waals surface area contributed by atoms with E-state index in [0.29, 0.717) is 5.69 Å². The number of nitrogens with zero attached hydrogens (tertiary/aromatic N) is 1. The highest BCUT2D eigenvalue weighted by Gasteiger charge is 2.01. The molecule has 0 bridgehead atoms. The fourth-order valence-corrected chi connectivity index (χ4v) is 3.35. The van der Waals surface area contributed by atoms with Crippen molar-refractivity contribution in [1.29, 1.82) is 0 Å². The molecular formula is C15H11N2O3S2-. The maximum absolute atomic E-state index is 10.8. The summed E-state index contributed by atoms with van der Waals surface area (Å²) in [5.41, 5.74) is 4.41. The zero-order chi connectivity index (χ0) is 15.6. The maximum Gasteiger partial charge on any atom is 0.124 e. The number of hydrazone groups is 1. The van der Waals surface area contributed by atoms with Gasteiger partial charge in [-0.3, -0.25) is 5.43 Å². The topological polar surface area (TPSA) is 81.6 Å². The second-order valence-corrected chi connectivity index (χ2v) is 6.83. The molecule has 0 saturated heterocycles. The monoisotopic (exact) mass is 331 g/mol. The largest absolute Gasteiger partial charge is 0.744 e. The third-order valence-corrected chi connectivity index (χ3v) is 4.88. The smallest absolute Gasteiger partial charge is 0.124 e. The SMILES string of the molecule is O=S(=O)([O-])c1ccc(N/N=C/c2csc3ccccc23)cc1. The van der Waals surface area contributed by atoms with Crippen LogP contribution in [0.2, 0.25) is 0 Å². The molecule has 0 aliphatic carbocycles. The van der Waals surface area contributed by atoms with Gasteiger partial charge in [0.25, 0.3) is 0 Å². The molecule has 0 atom stereocenters. The number of thiophene rings is 1. The molecule has 0 saturated carbocycles. The van der Waals surface area contributed by atoms with Gasteiger partial charge in [-0.05, 0) is 30.3 Å². The minimum absolute atomic E-state index is 0.258. The zero-order valence-corrected chi connectivity index (χ0v) is 12.9. The van der Waals surface area contributed by atoms with Crippen molar-refractivity contribution in [2.45, 2.75) is 4.90 Å². The van der Waals surface area contributed by atoms with Crippen molar-refractivity contribution in [1.82, 2.24) is 0 Å². The molecular weight excluding hydrogens is 320 g/mol. The molecule has 22 heavy (non-hydrogen) atoms. The molecule has 112 valence electrons. The van der Waals surface area contributed by atoms with E-state index in [2.05, 4.69) is 10.5 Å². The number of nitrogens with one attached hydrogen (secondary N) is 1. The van der Waals surface area contributed by atoms with Crippen molar-refractivity contribution in [2.24, 2.45) is 5.10 Å². The Bertz CT molecular complexity index is 929. The summed E-state index contributed by atoms with van der Waals surface area (Å²) >= 11 is 1.64. The van der Waals surface area contributed by atoms with Gasteiger partial charge in [-0.2, -0.15) is 5.10 Å². The molecule has 2 aromatic carbocycles. The fourth-order valence-electron chi connectivity index (χ4n) is 1.97. The second-order valence-electron chi connectivity index (χ2n) is 4.54. The third-order valence-electron chi connectivity index (χ3n) is 3.05. The average Bonchev–Trinajstić information content (AvgIpc) is 2.90. The van der Waals surface area contributed by atoms with Crippen LogP contribution >= 0.6 is 11.3 Å². The van der Waals surface area contributed by atoms with Gasteiger partial charge in [-0.15, -0.1) is 11.3 Å². The van der Waals surface area contributed by atoms with Gasteiger partial charge in [0.15, 0.2) is 0 Å². The van der Waals surface area contributed by atoms with E-state index in [4.69, 9.17) is 0 Å². The minimum atomic E-state index is -4.41. The number of hydrogen-bond acceptors (Lipinski definition) is 6. The number of fused-ring (bicyclic) bond motifs is 1. The molecule has 0 aliphatic heterocycles. The zero-order valence-electron chi connectivity index (χ0n) is 11.3. The second kappa shape index (κ2) is 5.88. The van der Waals surface area contributed by atoms with Gasteiger partial charge in [-0.25, -0.2) is 8.42 Å². The summed E-state index contributed by atoms with van der Waals surface area (Å²) in [5, 5.41) is 7.28. The minimum Gasteiger partial charge on any atom is -0.744 e. The summed E-state index contributed by atoms with van der Waals surface area (Å²) in [5.74, 6) is 0. The Morgan fingerprint density at radius 2 is 1.82 bits per heavy atom. The summed E-state index contributed by atoms with van der Waals surface area (Å²) in [4.78, 5) is -0.258. The predicted molar refractivity (Wildman–Crippen MR) is 87.4 cm³/mol. The van der Waals surface area contributed by atoms with E-state index < -0.39 is 10.1 Å². The predicted octanol–water partition coefficient (Wildman–Crippen LogP) is 3.25. The van der Waals surface area contributed by atoms with Crippen molar-refractivity contribution in [3.05, 3.63) is 59.5 Å².